The zero-order chi connectivity index (χ0) is 21.3. The first kappa shape index (κ1) is 19.9. The Labute approximate surface area is 180 Å². The molecule has 4 rings (SSSR count). The van der Waals surface area contributed by atoms with E-state index < -0.39 is 5.91 Å². The van der Waals surface area contributed by atoms with Crippen molar-refractivity contribution in [2.24, 2.45) is 0 Å². The molecule has 6 heteroatoms. The average molecular weight is 417 g/mol. The van der Waals surface area contributed by atoms with Gasteiger partial charge in [0.2, 0.25) is 5.82 Å². The van der Waals surface area contributed by atoms with Crippen LogP contribution < -0.4 is 5.32 Å². The number of aromatic nitrogens is 3. The summed E-state index contributed by atoms with van der Waals surface area (Å²) in [5, 5.41) is 7.81. The topological polar surface area (TPSA) is 59.8 Å². The number of nitrogens with zero attached hydrogens (tertiary/aromatic N) is 3. The van der Waals surface area contributed by atoms with Crippen molar-refractivity contribution in [1.82, 2.24) is 14.8 Å². The van der Waals surface area contributed by atoms with Crippen LogP contribution in [0.4, 0.5) is 5.69 Å². The molecule has 0 spiro atoms. The standard InChI is InChI=1S/C24H21ClN4O/c1-15-11-13-18(14-12-15)23-27-22(24(30)26-20-9-5-4-8-19(20)25)28-29(23)21-10-6-7-16(2)17(21)3/h4-14H,1-3H3,(H,26,30). The Morgan fingerprint density at radius 3 is 2.40 bits per heavy atom. The summed E-state index contributed by atoms with van der Waals surface area (Å²) in [5.41, 5.74) is 5.65. The number of anilines is 1. The minimum Gasteiger partial charge on any atom is -0.318 e. The molecule has 1 aromatic heterocycles. The number of hydrogen-bond acceptors (Lipinski definition) is 3. The third-order valence-electron chi connectivity index (χ3n) is 5.05. The summed E-state index contributed by atoms with van der Waals surface area (Å²) in [4.78, 5) is 17.5. The minimum absolute atomic E-state index is 0.0754. The lowest BCUT2D eigenvalue weighted by Crippen LogP contribution is -2.14. The minimum atomic E-state index is -0.416. The normalized spacial score (nSPS) is 10.8. The van der Waals surface area contributed by atoms with Gasteiger partial charge in [0.05, 0.1) is 16.4 Å². The van der Waals surface area contributed by atoms with E-state index in [9.17, 15) is 4.79 Å². The van der Waals surface area contributed by atoms with Crippen LogP contribution in [0.1, 0.15) is 27.3 Å². The van der Waals surface area contributed by atoms with Crippen LogP contribution in [-0.2, 0) is 0 Å². The van der Waals surface area contributed by atoms with Gasteiger partial charge in [-0.1, -0.05) is 65.7 Å². The van der Waals surface area contributed by atoms with Crippen molar-refractivity contribution in [3.63, 3.8) is 0 Å². The number of para-hydroxylation sites is 1. The van der Waals surface area contributed by atoms with Crippen LogP contribution in [0.25, 0.3) is 17.1 Å². The molecule has 30 heavy (non-hydrogen) atoms. The van der Waals surface area contributed by atoms with Crippen molar-refractivity contribution in [2.75, 3.05) is 5.32 Å². The molecule has 3 aromatic carbocycles. The smallest absolute Gasteiger partial charge is 0.295 e. The van der Waals surface area contributed by atoms with Crippen molar-refractivity contribution in [2.45, 2.75) is 20.8 Å². The highest BCUT2D eigenvalue weighted by Crippen LogP contribution is 2.26. The van der Waals surface area contributed by atoms with Crippen LogP contribution in [0.2, 0.25) is 5.02 Å². The van der Waals surface area contributed by atoms with Crippen molar-refractivity contribution in [3.8, 4) is 17.1 Å². The van der Waals surface area contributed by atoms with Gasteiger partial charge in [-0.25, -0.2) is 9.67 Å². The van der Waals surface area contributed by atoms with Crippen LogP contribution in [0.5, 0.6) is 0 Å². The van der Waals surface area contributed by atoms with Gasteiger partial charge in [-0.15, -0.1) is 5.10 Å². The van der Waals surface area contributed by atoms with Gasteiger partial charge in [0, 0.05) is 5.56 Å². The number of hydrogen-bond donors (Lipinski definition) is 1. The summed E-state index contributed by atoms with van der Waals surface area (Å²) in [6.07, 6.45) is 0. The lowest BCUT2D eigenvalue weighted by molar-refractivity contribution is 0.101. The summed E-state index contributed by atoms with van der Waals surface area (Å²) in [6.45, 7) is 6.11. The van der Waals surface area contributed by atoms with Crippen LogP contribution in [0, 0.1) is 20.8 Å². The molecule has 0 radical (unpaired) electrons. The number of carbonyl (C=O) groups is 1. The highest BCUT2D eigenvalue weighted by Gasteiger charge is 2.20. The van der Waals surface area contributed by atoms with E-state index in [2.05, 4.69) is 15.4 Å². The maximum Gasteiger partial charge on any atom is 0.295 e. The van der Waals surface area contributed by atoms with E-state index >= 15 is 0 Å². The first-order valence-electron chi connectivity index (χ1n) is 9.60. The Kier molecular flexibility index (Phi) is 5.38. The molecule has 0 atom stereocenters. The van der Waals surface area contributed by atoms with E-state index in [1.165, 1.54) is 0 Å². The SMILES string of the molecule is Cc1ccc(-c2nc(C(=O)Nc3ccccc3Cl)nn2-c2cccc(C)c2C)cc1. The van der Waals surface area contributed by atoms with E-state index in [1.807, 2.05) is 63.2 Å². The molecule has 1 heterocycles. The fourth-order valence-electron chi connectivity index (χ4n) is 3.17. The van der Waals surface area contributed by atoms with Crippen molar-refractivity contribution < 1.29 is 4.79 Å². The number of rotatable bonds is 4. The maximum absolute atomic E-state index is 12.9. The lowest BCUT2D eigenvalue weighted by atomic mass is 10.1. The molecular weight excluding hydrogens is 396 g/mol. The number of nitrogens with one attached hydrogen (secondary N) is 1. The summed E-state index contributed by atoms with van der Waals surface area (Å²) >= 11 is 6.18. The average Bonchev–Trinajstić information content (AvgIpc) is 3.17. The highest BCUT2D eigenvalue weighted by atomic mass is 35.5. The number of carbonyl (C=O) groups excluding carboxylic acids is 1. The largest absolute Gasteiger partial charge is 0.318 e. The van der Waals surface area contributed by atoms with Gasteiger partial charge in [0.25, 0.3) is 5.91 Å². The second-order valence-corrected chi connectivity index (χ2v) is 7.60. The zero-order valence-corrected chi connectivity index (χ0v) is 17.7. The van der Waals surface area contributed by atoms with Gasteiger partial charge >= 0.3 is 0 Å². The van der Waals surface area contributed by atoms with Gasteiger partial charge in [-0.2, -0.15) is 0 Å². The molecule has 0 aliphatic heterocycles. The Bertz CT molecular complexity index is 1230. The maximum atomic E-state index is 12.9. The molecule has 4 aromatic rings. The molecule has 0 saturated heterocycles. The van der Waals surface area contributed by atoms with E-state index in [1.54, 1.807) is 28.9 Å². The highest BCUT2D eigenvalue weighted by molar-refractivity contribution is 6.33. The first-order valence-corrected chi connectivity index (χ1v) is 9.98. The second kappa shape index (κ2) is 8.13. The monoisotopic (exact) mass is 416 g/mol. The number of amides is 1. The summed E-state index contributed by atoms with van der Waals surface area (Å²) in [5.74, 6) is 0.264. The summed E-state index contributed by atoms with van der Waals surface area (Å²) in [6, 6.07) is 21.1. The fraction of sp³-hybridized carbons (Fsp3) is 0.125. The molecule has 1 N–H and O–H groups in total. The molecule has 0 bridgehead atoms. The van der Waals surface area contributed by atoms with Gasteiger partial charge < -0.3 is 5.32 Å². The van der Waals surface area contributed by atoms with Gasteiger partial charge in [0.1, 0.15) is 0 Å². The number of benzene rings is 3. The van der Waals surface area contributed by atoms with Crippen LogP contribution in [-0.4, -0.2) is 20.7 Å². The molecule has 5 nitrogen and oxygen atoms in total. The first-order chi connectivity index (χ1) is 14.4. The lowest BCUT2D eigenvalue weighted by Gasteiger charge is -2.11. The predicted octanol–water partition coefficient (Wildman–Crippen LogP) is 5.77. The molecule has 0 unspecified atom stereocenters. The molecule has 150 valence electrons. The van der Waals surface area contributed by atoms with Gasteiger partial charge in [0.15, 0.2) is 5.82 Å². The van der Waals surface area contributed by atoms with Crippen LogP contribution in [0.3, 0.4) is 0 Å². The Balaban J connectivity index is 1.81. The van der Waals surface area contributed by atoms with Gasteiger partial charge in [-0.05, 0) is 50.1 Å². The van der Waals surface area contributed by atoms with E-state index in [0.29, 0.717) is 16.5 Å². The summed E-state index contributed by atoms with van der Waals surface area (Å²) < 4.78 is 1.73. The number of aryl methyl sites for hydroxylation is 2. The van der Waals surface area contributed by atoms with E-state index in [-0.39, 0.29) is 5.82 Å². The van der Waals surface area contributed by atoms with Gasteiger partial charge in [-0.3, -0.25) is 4.79 Å². The van der Waals surface area contributed by atoms with Crippen molar-refractivity contribution in [1.29, 1.82) is 0 Å². The molecule has 1 amide bonds. The third-order valence-corrected chi connectivity index (χ3v) is 5.38. The zero-order valence-electron chi connectivity index (χ0n) is 17.0. The van der Waals surface area contributed by atoms with Crippen LogP contribution >= 0.6 is 11.6 Å². The Morgan fingerprint density at radius 1 is 0.933 bits per heavy atom. The Hall–Kier alpha value is -3.44. The molecule has 0 aliphatic rings. The third kappa shape index (κ3) is 3.84. The van der Waals surface area contributed by atoms with E-state index in [0.717, 1.165) is 27.9 Å². The number of halogens is 1. The second-order valence-electron chi connectivity index (χ2n) is 7.19. The van der Waals surface area contributed by atoms with E-state index in [4.69, 9.17) is 11.6 Å². The van der Waals surface area contributed by atoms with Crippen molar-refractivity contribution >= 4 is 23.2 Å². The van der Waals surface area contributed by atoms with Crippen molar-refractivity contribution in [3.05, 3.63) is 94.3 Å². The Morgan fingerprint density at radius 2 is 1.67 bits per heavy atom. The predicted molar refractivity (Wildman–Crippen MR) is 120 cm³/mol. The summed E-state index contributed by atoms with van der Waals surface area (Å²) in [7, 11) is 0. The molecular formula is C24H21ClN4O. The quantitative estimate of drug-likeness (QED) is 0.459. The molecule has 0 aliphatic carbocycles. The molecule has 0 fully saturated rings. The fourth-order valence-corrected chi connectivity index (χ4v) is 3.35. The van der Waals surface area contributed by atoms with Crippen LogP contribution in [0.15, 0.2) is 66.7 Å². The molecule has 0 saturated carbocycles.